The van der Waals surface area contributed by atoms with Gasteiger partial charge in [-0.1, -0.05) is 12.8 Å². The number of likely N-dealkylation sites (N-methyl/N-ethyl adjacent to an activating group) is 1. The van der Waals surface area contributed by atoms with Gasteiger partial charge in [0.25, 0.3) is 0 Å². The van der Waals surface area contributed by atoms with Crippen LogP contribution in [0.15, 0.2) is 12.3 Å². The van der Waals surface area contributed by atoms with Gasteiger partial charge < -0.3 is 5.32 Å². The second-order valence-corrected chi connectivity index (χ2v) is 4.86. The summed E-state index contributed by atoms with van der Waals surface area (Å²) in [6, 6.07) is 1.23. The Balaban J connectivity index is 2.01. The molecule has 1 unspecified atom stereocenters. The molecule has 0 saturated heterocycles. The number of hydrogen-bond donors (Lipinski definition) is 1. The predicted molar refractivity (Wildman–Crippen MR) is 62.0 cm³/mol. The van der Waals surface area contributed by atoms with Crippen molar-refractivity contribution in [2.45, 2.75) is 44.4 Å². The molecule has 1 atom stereocenters. The van der Waals surface area contributed by atoms with Crippen LogP contribution in [0.3, 0.4) is 0 Å². The van der Waals surface area contributed by atoms with Gasteiger partial charge >= 0.3 is 6.18 Å². The Bertz CT molecular complexity index is 380. The van der Waals surface area contributed by atoms with Gasteiger partial charge in [0.2, 0.25) is 0 Å². The fraction of sp³-hybridized carbons (Fsp3) is 0.750. The highest BCUT2D eigenvalue weighted by molar-refractivity contribution is 5.03. The van der Waals surface area contributed by atoms with Gasteiger partial charge in [-0.25, -0.2) is 0 Å². The van der Waals surface area contributed by atoms with Crippen LogP contribution in [0.5, 0.6) is 0 Å². The zero-order valence-corrected chi connectivity index (χ0v) is 10.4. The van der Waals surface area contributed by atoms with Crippen molar-refractivity contribution in [2.75, 3.05) is 7.05 Å². The zero-order valence-electron chi connectivity index (χ0n) is 10.4. The Kier molecular flexibility index (Phi) is 3.94. The van der Waals surface area contributed by atoms with E-state index in [4.69, 9.17) is 0 Å². The lowest BCUT2D eigenvalue weighted by Gasteiger charge is -2.22. The van der Waals surface area contributed by atoms with Crippen LogP contribution in [0.25, 0.3) is 0 Å². The minimum atomic E-state index is -4.35. The van der Waals surface area contributed by atoms with Crippen LogP contribution in [-0.4, -0.2) is 22.9 Å². The third-order valence-electron chi connectivity index (χ3n) is 3.65. The zero-order chi connectivity index (χ0) is 13.2. The van der Waals surface area contributed by atoms with Gasteiger partial charge in [-0.3, -0.25) is 4.68 Å². The van der Waals surface area contributed by atoms with Crippen LogP contribution >= 0.6 is 0 Å². The van der Waals surface area contributed by atoms with Crippen LogP contribution < -0.4 is 5.32 Å². The molecule has 2 rings (SSSR count). The van der Waals surface area contributed by atoms with E-state index >= 15 is 0 Å². The SMILES string of the molecule is CNC(Cn1ccc(C(F)(F)F)n1)C1CCCC1. The summed E-state index contributed by atoms with van der Waals surface area (Å²) in [5.74, 6) is 0.550. The molecule has 0 radical (unpaired) electrons. The van der Waals surface area contributed by atoms with E-state index in [1.54, 1.807) is 0 Å². The molecule has 0 spiro atoms. The summed E-state index contributed by atoms with van der Waals surface area (Å²) in [4.78, 5) is 0. The van der Waals surface area contributed by atoms with Crippen molar-refractivity contribution in [2.24, 2.45) is 5.92 Å². The molecule has 0 aliphatic heterocycles. The molecule has 1 aliphatic carbocycles. The quantitative estimate of drug-likeness (QED) is 0.903. The normalized spacial score (nSPS) is 19.3. The van der Waals surface area contributed by atoms with Gasteiger partial charge in [0.05, 0.1) is 6.54 Å². The number of aromatic nitrogens is 2. The summed E-state index contributed by atoms with van der Waals surface area (Å²) >= 11 is 0. The molecule has 1 saturated carbocycles. The van der Waals surface area contributed by atoms with Crippen LogP contribution in [0.4, 0.5) is 13.2 Å². The first kappa shape index (κ1) is 13.4. The first-order valence-electron chi connectivity index (χ1n) is 6.28. The number of halogens is 3. The van der Waals surface area contributed by atoms with Gasteiger partial charge in [0.1, 0.15) is 0 Å². The maximum Gasteiger partial charge on any atom is 0.435 e. The lowest BCUT2D eigenvalue weighted by atomic mass is 9.98. The summed E-state index contributed by atoms with van der Waals surface area (Å²) < 4.78 is 38.7. The van der Waals surface area contributed by atoms with E-state index in [0.29, 0.717) is 12.5 Å². The standard InChI is InChI=1S/C12H18F3N3/c1-16-10(9-4-2-3-5-9)8-18-7-6-11(17-18)12(13,14)15/h6-7,9-10,16H,2-5,8H2,1H3. The molecule has 0 aromatic carbocycles. The number of hydrogen-bond acceptors (Lipinski definition) is 2. The van der Waals surface area contributed by atoms with Crippen molar-refractivity contribution in [3.63, 3.8) is 0 Å². The van der Waals surface area contributed by atoms with Gasteiger partial charge in [-0.2, -0.15) is 18.3 Å². The topological polar surface area (TPSA) is 29.9 Å². The van der Waals surface area contributed by atoms with Crippen molar-refractivity contribution in [3.05, 3.63) is 18.0 Å². The van der Waals surface area contributed by atoms with Crippen molar-refractivity contribution < 1.29 is 13.2 Å². The van der Waals surface area contributed by atoms with Crippen LogP contribution in [0, 0.1) is 5.92 Å². The third-order valence-corrected chi connectivity index (χ3v) is 3.65. The molecule has 3 nitrogen and oxygen atoms in total. The number of nitrogens with one attached hydrogen (secondary N) is 1. The first-order chi connectivity index (χ1) is 8.50. The molecule has 1 N–H and O–H groups in total. The summed E-state index contributed by atoms with van der Waals surface area (Å²) in [5.41, 5.74) is -0.816. The van der Waals surface area contributed by atoms with E-state index in [1.807, 2.05) is 7.05 Å². The fourth-order valence-electron chi connectivity index (χ4n) is 2.65. The van der Waals surface area contributed by atoms with Crippen LogP contribution in [0.1, 0.15) is 31.4 Å². The fourth-order valence-corrected chi connectivity index (χ4v) is 2.65. The minimum absolute atomic E-state index is 0.202. The van der Waals surface area contributed by atoms with Crippen LogP contribution in [-0.2, 0) is 12.7 Å². The van der Waals surface area contributed by atoms with E-state index in [1.165, 1.54) is 23.7 Å². The minimum Gasteiger partial charge on any atom is -0.315 e. The molecule has 0 bridgehead atoms. The Hall–Kier alpha value is -1.04. The summed E-state index contributed by atoms with van der Waals surface area (Å²) in [7, 11) is 1.86. The predicted octanol–water partition coefficient (Wildman–Crippen LogP) is 2.68. The molecule has 1 fully saturated rings. The smallest absolute Gasteiger partial charge is 0.315 e. The third kappa shape index (κ3) is 3.04. The maximum atomic E-state index is 12.4. The lowest BCUT2D eigenvalue weighted by Crippen LogP contribution is -2.36. The molecular weight excluding hydrogens is 243 g/mol. The van der Waals surface area contributed by atoms with E-state index < -0.39 is 11.9 Å². The number of nitrogens with zero attached hydrogens (tertiary/aromatic N) is 2. The monoisotopic (exact) mass is 261 g/mol. The molecule has 6 heteroatoms. The van der Waals surface area contributed by atoms with E-state index in [2.05, 4.69) is 10.4 Å². The Morgan fingerprint density at radius 3 is 2.61 bits per heavy atom. The maximum absolute atomic E-state index is 12.4. The molecule has 1 aliphatic rings. The van der Waals surface area contributed by atoms with Gasteiger partial charge in [0, 0.05) is 12.2 Å². The lowest BCUT2D eigenvalue weighted by molar-refractivity contribution is -0.141. The molecule has 18 heavy (non-hydrogen) atoms. The Labute approximate surface area is 104 Å². The largest absolute Gasteiger partial charge is 0.435 e. The van der Waals surface area contributed by atoms with Gasteiger partial charge in [-0.05, 0) is 31.9 Å². The summed E-state index contributed by atoms with van der Waals surface area (Å²) in [6.45, 7) is 0.497. The number of alkyl halides is 3. The number of rotatable bonds is 4. The molecule has 1 aromatic rings. The van der Waals surface area contributed by atoms with E-state index in [0.717, 1.165) is 18.9 Å². The summed E-state index contributed by atoms with van der Waals surface area (Å²) in [6.07, 6.45) is 1.79. The van der Waals surface area contributed by atoms with Crippen LogP contribution in [0.2, 0.25) is 0 Å². The highest BCUT2D eigenvalue weighted by atomic mass is 19.4. The van der Waals surface area contributed by atoms with E-state index in [9.17, 15) is 13.2 Å². The molecule has 1 heterocycles. The summed E-state index contributed by atoms with van der Waals surface area (Å²) in [5, 5.41) is 6.79. The molecular formula is C12H18F3N3. The molecule has 1 aromatic heterocycles. The molecule has 0 amide bonds. The second kappa shape index (κ2) is 5.30. The highest BCUT2D eigenvalue weighted by Gasteiger charge is 2.34. The average molecular weight is 261 g/mol. The van der Waals surface area contributed by atoms with Crippen molar-refractivity contribution in [1.29, 1.82) is 0 Å². The van der Waals surface area contributed by atoms with Gasteiger partial charge in [-0.15, -0.1) is 0 Å². The van der Waals surface area contributed by atoms with Crippen molar-refractivity contribution >= 4 is 0 Å². The average Bonchev–Trinajstić information content (AvgIpc) is 2.95. The first-order valence-corrected chi connectivity index (χ1v) is 6.28. The Morgan fingerprint density at radius 2 is 2.11 bits per heavy atom. The van der Waals surface area contributed by atoms with Gasteiger partial charge in [0.15, 0.2) is 5.69 Å². The second-order valence-electron chi connectivity index (χ2n) is 4.86. The highest BCUT2D eigenvalue weighted by Crippen LogP contribution is 2.29. The Morgan fingerprint density at radius 1 is 1.44 bits per heavy atom. The van der Waals surface area contributed by atoms with Crippen molar-refractivity contribution in [3.8, 4) is 0 Å². The van der Waals surface area contributed by atoms with E-state index in [-0.39, 0.29) is 6.04 Å². The molecule has 102 valence electrons. The van der Waals surface area contributed by atoms with Crippen molar-refractivity contribution in [1.82, 2.24) is 15.1 Å².